The molecule has 4 atom stereocenters. The molecule has 3 heteroatoms. The van der Waals surface area contributed by atoms with E-state index >= 15 is 0 Å². The Morgan fingerprint density at radius 1 is 1.33 bits per heavy atom. The van der Waals surface area contributed by atoms with Gasteiger partial charge in [0.15, 0.2) is 0 Å². The predicted octanol–water partition coefficient (Wildman–Crippen LogP) is 2.00. The Kier molecular flexibility index (Phi) is 4.68. The third-order valence-electron chi connectivity index (χ3n) is 5.33. The molecule has 4 unspecified atom stereocenters. The van der Waals surface area contributed by atoms with Crippen molar-refractivity contribution in [3.05, 3.63) is 0 Å². The van der Waals surface area contributed by atoms with Crippen LogP contribution in [0.25, 0.3) is 0 Å². The second-order valence-electron chi connectivity index (χ2n) is 6.46. The van der Waals surface area contributed by atoms with Crippen molar-refractivity contribution in [1.29, 1.82) is 0 Å². The summed E-state index contributed by atoms with van der Waals surface area (Å²) in [5, 5.41) is 13.2. The summed E-state index contributed by atoms with van der Waals surface area (Å²) in [6, 6.07) is 1.38. The first kappa shape index (κ1) is 14.3. The van der Waals surface area contributed by atoms with Crippen LogP contribution >= 0.6 is 0 Å². The molecule has 0 amide bonds. The van der Waals surface area contributed by atoms with Gasteiger partial charge in [-0.1, -0.05) is 13.8 Å². The first-order valence-corrected chi connectivity index (χ1v) is 7.73. The zero-order chi connectivity index (χ0) is 13.2. The summed E-state index contributed by atoms with van der Waals surface area (Å²) in [4.78, 5) is 2.71. The van der Waals surface area contributed by atoms with Crippen LogP contribution in [0.5, 0.6) is 0 Å². The summed E-state index contributed by atoms with van der Waals surface area (Å²) in [5.74, 6) is 0.821. The summed E-state index contributed by atoms with van der Waals surface area (Å²) >= 11 is 0. The van der Waals surface area contributed by atoms with Crippen LogP contribution < -0.4 is 5.32 Å². The minimum absolute atomic E-state index is 0.000177. The summed E-state index contributed by atoms with van der Waals surface area (Å²) < 4.78 is 0. The van der Waals surface area contributed by atoms with Crippen LogP contribution in [0.4, 0.5) is 0 Å². The minimum Gasteiger partial charge on any atom is -0.394 e. The molecule has 2 rings (SSSR count). The molecule has 0 aromatic carbocycles. The van der Waals surface area contributed by atoms with Gasteiger partial charge in [0.1, 0.15) is 0 Å². The smallest absolute Gasteiger partial charge is 0.0613 e. The van der Waals surface area contributed by atoms with Gasteiger partial charge in [-0.3, -0.25) is 4.90 Å². The Hall–Kier alpha value is -0.120. The Morgan fingerprint density at radius 2 is 2.11 bits per heavy atom. The second kappa shape index (κ2) is 5.89. The van der Waals surface area contributed by atoms with E-state index in [4.69, 9.17) is 0 Å². The number of likely N-dealkylation sites (N-methyl/N-ethyl adjacent to an activating group) is 1. The fourth-order valence-electron chi connectivity index (χ4n) is 4.00. The summed E-state index contributed by atoms with van der Waals surface area (Å²) in [5.41, 5.74) is -0.000177. The maximum absolute atomic E-state index is 9.70. The van der Waals surface area contributed by atoms with Gasteiger partial charge in [-0.15, -0.1) is 0 Å². The molecule has 1 aliphatic carbocycles. The molecule has 0 aromatic rings. The number of rotatable bonds is 4. The number of nitrogens with one attached hydrogen (secondary N) is 1. The molecule has 2 N–H and O–H groups in total. The van der Waals surface area contributed by atoms with Crippen LogP contribution in [-0.4, -0.2) is 47.3 Å². The van der Waals surface area contributed by atoms with Gasteiger partial charge in [0.2, 0.25) is 0 Å². The van der Waals surface area contributed by atoms with Crippen LogP contribution in [0.15, 0.2) is 0 Å². The van der Waals surface area contributed by atoms with Gasteiger partial charge in [0.05, 0.1) is 6.61 Å². The zero-order valence-electron chi connectivity index (χ0n) is 12.3. The highest BCUT2D eigenvalue weighted by atomic mass is 16.3. The lowest BCUT2D eigenvalue weighted by Gasteiger charge is -2.42. The van der Waals surface area contributed by atoms with Crippen molar-refractivity contribution < 1.29 is 5.11 Å². The molecule has 2 fully saturated rings. The number of hydrogen-bond acceptors (Lipinski definition) is 3. The maximum Gasteiger partial charge on any atom is 0.0613 e. The van der Waals surface area contributed by atoms with Crippen LogP contribution in [0, 0.1) is 5.92 Å². The number of aliphatic hydroxyl groups is 1. The Morgan fingerprint density at radius 3 is 2.78 bits per heavy atom. The molecular weight excluding hydrogens is 224 g/mol. The number of nitrogens with zero attached hydrogens (tertiary/aromatic N) is 1. The average Bonchev–Trinajstić information content (AvgIpc) is 2.78. The molecule has 0 radical (unpaired) electrons. The number of aliphatic hydroxyl groups excluding tert-OH is 1. The lowest BCUT2D eigenvalue weighted by atomic mass is 9.90. The van der Waals surface area contributed by atoms with E-state index in [1.54, 1.807) is 0 Å². The van der Waals surface area contributed by atoms with Crippen LogP contribution in [0.3, 0.4) is 0 Å². The molecule has 0 bridgehead atoms. The van der Waals surface area contributed by atoms with E-state index in [0.29, 0.717) is 12.1 Å². The van der Waals surface area contributed by atoms with E-state index in [1.807, 2.05) is 0 Å². The summed E-state index contributed by atoms with van der Waals surface area (Å²) in [7, 11) is 0. The van der Waals surface area contributed by atoms with Crippen molar-refractivity contribution in [2.45, 2.75) is 70.5 Å². The highest BCUT2D eigenvalue weighted by Gasteiger charge is 2.42. The lowest BCUT2D eigenvalue weighted by molar-refractivity contribution is 0.0624. The highest BCUT2D eigenvalue weighted by Crippen LogP contribution is 2.36. The fourth-order valence-corrected chi connectivity index (χ4v) is 4.00. The zero-order valence-corrected chi connectivity index (χ0v) is 12.3. The summed E-state index contributed by atoms with van der Waals surface area (Å²) in [6.45, 7) is 9.40. The lowest BCUT2D eigenvalue weighted by Crippen LogP contribution is -2.51. The molecule has 1 heterocycles. The molecule has 1 saturated heterocycles. The van der Waals surface area contributed by atoms with Crippen molar-refractivity contribution in [3.63, 3.8) is 0 Å². The van der Waals surface area contributed by atoms with Gasteiger partial charge in [-0.25, -0.2) is 0 Å². The van der Waals surface area contributed by atoms with Gasteiger partial charge in [0.25, 0.3) is 0 Å². The average molecular weight is 254 g/mol. The van der Waals surface area contributed by atoms with Gasteiger partial charge in [-0.05, 0) is 58.0 Å². The monoisotopic (exact) mass is 254 g/mol. The van der Waals surface area contributed by atoms with E-state index in [1.165, 1.54) is 25.8 Å². The van der Waals surface area contributed by atoms with Crippen LogP contribution in [0.1, 0.15) is 52.9 Å². The van der Waals surface area contributed by atoms with Gasteiger partial charge in [-0.2, -0.15) is 0 Å². The first-order chi connectivity index (χ1) is 8.62. The van der Waals surface area contributed by atoms with E-state index in [2.05, 4.69) is 31.0 Å². The normalized spacial score (nSPS) is 42.3. The molecule has 1 saturated carbocycles. The van der Waals surface area contributed by atoms with Crippen molar-refractivity contribution in [3.8, 4) is 0 Å². The number of likely N-dealkylation sites (tertiary alicyclic amines) is 1. The van der Waals surface area contributed by atoms with E-state index in [-0.39, 0.29) is 12.1 Å². The summed E-state index contributed by atoms with van der Waals surface area (Å²) in [6.07, 6.45) is 6.21. The third-order valence-corrected chi connectivity index (χ3v) is 5.33. The van der Waals surface area contributed by atoms with E-state index in [9.17, 15) is 5.11 Å². The largest absolute Gasteiger partial charge is 0.394 e. The van der Waals surface area contributed by atoms with Gasteiger partial charge < -0.3 is 10.4 Å². The fraction of sp³-hybridized carbons (Fsp3) is 1.00. The Bertz CT molecular complexity index is 271. The third kappa shape index (κ3) is 2.73. The second-order valence-corrected chi connectivity index (χ2v) is 6.46. The van der Waals surface area contributed by atoms with Crippen LogP contribution in [-0.2, 0) is 0 Å². The number of piperidine rings is 1. The van der Waals surface area contributed by atoms with Crippen molar-refractivity contribution in [2.24, 2.45) is 5.92 Å². The minimum atomic E-state index is -0.000177. The van der Waals surface area contributed by atoms with Gasteiger partial charge in [0, 0.05) is 17.6 Å². The van der Waals surface area contributed by atoms with Gasteiger partial charge >= 0.3 is 0 Å². The Labute approximate surface area is 112 Å². The first-order valence-electron chi connectivity index (χ1n) is 7.73. The quantitative estimate of drug-likeness (QED) is 0.805. The Balaban J connectivity index is 1.99. The standard InChI is InChI=1S/C15H30N2O/c1-4-16-15(11-18)8-7-14(10-15)17-9-5-6-12(2)13(17)3/h12-14,16,18H,4-11H2,1-3H3. The molecule has 0 spiro atoms. The molecule has 1 aliphatic heterocycles. The molecule has 106 valence electrons. The SMILES string of the molecule is CCNC1(CO)CCC(N2CCCC(C)C2C)C1. The molecule has 2 aliphatic rings. The predicted molar refractivity (Wildman–Crippen MR) is 75.7 cm³/mol. The molecule has 18 heavy (non-hydrogen) atoms. The molecule has 0 aromatic heterocycles. The topological polar surface area (TPSA) is 35.5 Å². The highest BCUT2D eigenvalue weighted by molar-refractivity contribution is 5.00. The van der Waals surface area contributed by atoms with E-state index in [0.717, 1.165) is 25.3 Å². The van der Waals surface area contributed by atoms with Crippen LogP contribution in [0.2, 0.25) is 0 Å². The van der Waals surface area contributed by atoms with E-state index < -0.39 is 0 Å². The maximum atomic E-state index is 9.70. The molecular formula is C15H30N2O. The van der Waals surface area contributed by atoms with Crippen molar-refractivity contribution in [1.82, 2.24) is 10.2 Å². The van der Waals surface area contributed by atoms with Crippen molar-refractivity contribution in [2.75, 3.05) is 19.7 Å². The number of hydrogen-bond donors (Lipinski definition) is 2. The van der Waals surface area contributed by atoms with Crippen molar-refractivity contribution >= 4 is 0 Å². The molecule has 3 nitrogen and oxygen atoms in total.